The Bertz CT molecular complexity index is 334. The Morgan fingerprint density at radius 1 is 1.58 bits per heavy atom. The molecule has 0 radical (unpaired) electrons. The molecule has 0 spiro atoms. The number of anilines is 1. The molecule has 0 atom stereocenters. The maximum absolute atomic E-state index is 12.8. The highest BCUT2D eigenvalue weighted by Gasteiger charge is 2.05. The number of rotatable bonds is 1. The van der Waals surface area contributed by atoms with Crippen LogP contribution in [0.1, 0.15) is 12.5 Å². The van der Waals surface area contributed by atoms with Crippen LogP contribution < -0.4 is 5.73 Å². The third-order valence-electron chi connectivity index (χ3n) is 1.55. The van der Waals surface area contributed by atoms with E-state index in [2.05, 4.69) is 6.58 Å². The van der Waals surface area contributed by atoms with Crippen molar-refractivity contribution < 1.29 is 4.39 Å². The quantitative estimate of drug-likeness (QED) is 0.669. The maximum Gasteiger partial charge on any atom is 0.147 e. The van der Waals surface area contributed by atoms with E-state index >= 15 is 0 Å². The third kappa shape index (κ3) is 1.59. The van der Waals surface area contributed by atoms with Gasteiger partial charge < -0.3 is 5.73 Å². The van der Waals surface area contributed by atoms with Gasteiger partial charge in [0.15, 0.2) is 0 Å². The first-order valence-corrected chi connectivity index (χ1v) is 3.80. The molecular formula is C9H9ClFN. The third-order valence-corrected chi connectivity index (χ3v) is 1.86. The molecule has 0 heterocycles. The van der Waals surface area contributed by atoms with Crippen molar-refractivity contribution in [3.63, 3.8) is 0 Å². The lowest BCUT2D eigenvalue weighted by Crippen LogP contribution is -1.92. The van der Waals surface area contributed by atoms with E-state index in [9.17, 15) is 4.39 Å². The van der Waals surface area contributed by atoms with Gasteiger partial charge in [-0.15, -0.1) is 0 Å². The van der Waals surface area contributed by atoms with E-state index in [1.54, 1.807) is 6.92 Å². The Morgan fingerprint density at radius 3 is 2.67 bits per heavy atom. The zero-order valence-corrected chi connectivity index (χ0v) is 7.45. The smallest absolute Gasteiger partial charge is 0.147 e. The van der Waals surface area contributed by atoms with Gasteiger partial charge in [-0.2, -0.15) is 0 Å². The monoisotopic (exact) mass is 185 g/mol. The van der Waals surface area contributed by atoms with Crippen LogP contribution in [-0.2, 0) is 0 Å². The van der Waals surface area contributed by atoms with Crippen LogP contribution in [0.3, 0.4) is 0 Å². The van der Waals surface area contributed by atoms with Crippen LogP contribution in [-0.4, -0.2) is 0 Å². The molecule has 0 fully saturated rings. The summed E-state index contributed by atoms with van der Waals surface area (Å²) in [7, 11) is 0. The fourth-order valence-electron chi connectivity index (χ4n) is 0.893. The van der Waals surface area contributed by atoms with Gasteiger partial charge in [0.2, 0.25) is 0 Å². The topological polar surface area (TPSA) is 26.0 Å². The summed E-state index contributed by atoms with van der Waals surface area (Å²) in [6, 6.07) is 2.68. The van der Waals surface area contributed by atoms with Gasteiger partial charge in [0.25, 0.3) is 0 Å². The van der Waals surface area contributed by atoms with E-state index in [0.717, 1.165) is 5.57 Å². The fraction of sp³-hybridized carbons (Fsp3) is 0.111. The molecule has 12 heavy (non-hydrogen) atoms. The number of halogens is 2. The van der Waals surface area contributed by atoms with Crippen molar-refractivity contribution in [3.8, 4) is 0 Å². The zero-order valence-electron chi connectivity index (χ0n) is 6.70. The summed E-state index contributed by atoms with van der Waals surface area (Å²) in [5.41, 5.74) is 6.91. The Balaban J connectivity index is 3.33. The molecule has 0 saturated heterocycles. The van der Waals surface area contributed by atoms with Gasteiger partial charge in [0.1, 0.15) is 5.82 Å². The van der Waals surface area contributed by atoms with Crippen LogP contribution in [0.5, 0.6) is 0 Å². The Hall–Kier alpha value is -1.02. The lowest BCUT2D eigenvalue weighted by molar-refractivity contribution is 0.632. The molecule has 0 bridgehead atoms. The van der Waals surface area contributed by atoms with Crippen LogP contribution in [0.25, 0.3) is 5.57 Å². The molecule has 1 rings (SSSR count). The van der Waals surface area contributed by atoms with Gasteiger partial charge in [0.05, 0.1) is 10.7 Å². The predicted molar refractivity (Wildman–Crippen MR) is 50.5 cm³/mol. The summed E-state index contributed by atoms with van der Waals surface area (Å²) in [6.07, 6.45) is 0. The summed E-state index contributed by atoms with van der Waals surface area (Å²) in [5, 5.41) is 0.342. The highest BCUT2D eigenvalue weighted by Crippen LogP contribution is 2.26. The summed E-state index contributed by atoms with van der Waals surface area (Å²) in [6.45, 7) is 5.48. The van der Waals surface area contributed by atoms with E-state index in [-0.39, 0.29) is 5.69 Å². The first-order chi connectivity index (χ1) is 5.52. The normalized spacial score (nSPS) is 9.92. The molecule has 0 aromatic heterocycles. The van der Waals surface area contributed by atoms with Crippen molar-refractivity contribution in [1.29, 1.82) is 0 Å². The van der Waals surface area contributed by atoms with Gasteiger partial charge in [-0.1, -0.05) is 18.2 Å². The molecule has 0 unspecified atom stereocenters. The molecule has 0 aliphatic carbocycles. The van der Waals surface area contributed by atoms with Crippen molar-refractivity contribution >= 4 is 22.9 Å². The molecule has 0 aliphatic heterocycles. The molecule has 1 nitrogen and oxygen atoms in total. The number of benzene rings is 1. The van der Waals surface area contributed by atoms with Crippen molar-refractivity contribution in [2.45, 2.75) is 6.92 Å². The second-order valence-corrected chi connectivity index (χ2v) is 3.04. The second-order valence-electron chi connectivity index (χ2n) is 2.63. The van der Waals surface area contributed by atoms with E-state index in [0.29, 0.717) is 10.6 Å². The van der Waals surface area contributed by atoms with Crippen molar-refractivity contribution in [2.24, 2.45) is 0 Å². The average molecular weight is 186 g/mol. The van der Waals surface area contributed by atoms with E-state index < -0.39 is 5.82 Å². The first-order valence-electron chi connectivity index (χ1n) is 3.42. The molecule has 64 valence electrons. The number of hydrogen-bond acceptors (Lipinski definition) is 1. The molecule has 3 heteroatoms. The van der Waals surface area contributed by atoms with Crippen molar-refractivity contribution in [1.82, 2.24) is 0 Å². The number of allylic oxidation sites excluding steroid dienone is 1. The Kier molecular flexibility index (Phi) is 2.38. The number of nitrogens with two attached hydrogens (primary N) is 1. The largest absolute Gasteiger partial charge is 0.396 e. The first kappa shape index (κ1) is 9.07. The minimum Gasteiger partial charge on any atom is -0.396 e. The average Bonchev–Trinajstić information content (AvgIpc) is 1.96. The lowest BCUT2D eigenvalue weighted by Gasteiger charge is -2.04. The van der Waals surface area contributed by atoms with Crippen LogP contribution in [0, 0.1) is 5.82 Å². The second kappa shape index (κ2) is 3.15. The minimum absolute atomic E-state index is 0.0948. The number of hydrogen-bond donors (Lipinski definition) is 1. The highest BCUT2D eigenvalue weighted by atomic mass is 35.5. The van der Waals surface area contributed by atoms with Crippen molar-refractivity contribution in [3.05, 3.63) is 35.1 Å². The molecule has 1 aromatic carbocycles. The lowest BCUT2D eigenvalue weighted by atomic mass is 10.1. The Morgan fingerprint density at radius 2 is 2.17 bits per heavy atom. The molecule has 0 aliphatic rings. The van der Waals surface area contributed by atoms with E-state index in [1.165, 1.54) is 12.1 Å². The maximum atomic E-state index is 12.8. The van der Waals surface area contributed by atoms with E-state index in [4.69, 9.17) is 17.3 Å². The minimum atomic E-state index is -0.495. The summed E-state index contributed by atoms with van der Waals surface area (Å²) in [4.78, 5) is 0. The molecule has 1 aromatic rings. The highest BCUT2D eigenvalue weighted by molar-refractivity contribution is 6.32. The van der Waals surface area contributed by atoms with Crippen LogP contribution >= 0.6 is 11.6 Å². The van der Waals surface area contributed by atoms with Gasteiger partial charge >= 0.3 is 0 Å². The van der Waals surface area contributed by atoms with Gasteiger partial charge in [-0.25, -0.2) is 4.39 Å². The van der Waals surface area contributed by atoms with E-state index in [1.807, 2.05) is 0 Å². The van der Waals surface area contributed by atoms with Crippen LogP contribution in [0.15, 0.2) is 18.7 Å². The predicted octanol–water partition coefficient (Wildman–Crippen LogP) is 3.09. The standard InChI is InChI=1S/C9H9ClFN/c1-5(2)6-3-9(12)8(11)4-7(6)10/h3-4H,1,12H2,2H3. The Labute approximate surface area is 75.6 Å². The molecule has 0 saturated carbocycles. The molecular weight excluding hydrogens is 177 g/mol. The number of nitrogen functional groups attached to an aromatic ring is 1. The van der Waals surface area contributed by atoms with Crippen LogP contribution in [0.2, 0.25) is 5.02 Å². The fourth-order valence-corrected chi connectivity index (χ4v) is 1.20. The summed E-state index contributed by atoms with van der Waals surface area (Å²) in [5.74, 6) is -0.495. The molecule has 2 N–H and O–H groups in total. The van der Waals surface area contributed by atoms with Gasteiger partial charge in [-0.05, 0) is 30.2 Å². The summed E-state index contributed by atoms with van der Waals surface area (Å²) >= 11 is 5.74. The zero-order chi connectivity index (χ0) is 9.30. The van der Waals surface area contributed by atoms with Crippen molar-refractivity contribution in [2.75, 3.05) is 5.73 Å². The van der Waals surface area contributed by atoms with Crippen LogP contribution in [0.4, 0.5) is 10.1 Å². The SMILES string of the molecule is C=C(C)c1cc(N)c(F)cc1Cl. The van der Waals surface area contributed by atoms with Gasteiger partial charge in [-0.3, -0.25) is 0 Å². The molecule has 0 amide bonds. The summed E-state index contributed by atoms with van der Waals surface area (Å²) < 4.78 is 12.8. The van der Waals surface area contributed by atoms with Gasteiger partial charge in [0, 0.05) is 0 Å².